The summed E-state index contributed by atoms with van der Waals surface area (Å²) < 4.78 is 30.9. The van der Waals surface area contributed by atoms with E-state index in [0.29, 0.717) is 24.3 Å². The number of hydrogen-bond acceptors (Lipinski definition) is 4. The molecule has 0 saturated heterocycles. The maximum Gasteiger partial charge on any atom is 0.313 e. The van der Waals surface area contributed by atoms with Gasteiger partial charge in [-0.2, -0.15) is 0 Å². The van der Waals surface area contributed by atoms with Gasteiger partial charge in [0, 0.05) is 19.4 Å². The zero-order chi connectivity index (χ0) is 16.1. The van der Waals surface area contributed by atoms with E-state index in [1.807, 2.05) is 0 Å². The Morgan fingerprint density at radius 3 is 2.33 bits per heavy atom. The van der Waals surface area contributed by atoms with E-state index in [1.54, 1.807) is 38.1 Å². The Morgan fingerprint density at radius 1 is 1.29 bits per heavy atom. The van der Waals surface area contributed by atoms with Crippen molar-refractivity contribution in [2.75, 3.05) is 24.2 Å². The van der Waals surface area contributed by atoms with Crippen LogP contribution in [0.4, 0.5) is 5.69 Å². The zero-order valence-corrected chi connectivity index (χ0v) is 13.2. The average molecular weight is 315 g/mol. The molecule has 0 spiro atoms. The summed E-state index contributed by atoms with van der Waals surface area (Å²) in [4.78, 5) is 11.2. The number of anilines is 1. The number of carboxylic acid groups (broad SMARTS) is 1. The first-order valence-corrected chi connectivity index (χ1v) is 8.17. The number of sulfonamides is 1. The molecule has 0 heterocycles. The fraction of sp³-hybridized carbons (Fsp3) is 0.500. The third kappa shape index (κ3) is 5.02. The maximum absolute atomic E-state index is 11.8. The second-order valence-corrected chi connectivity index (χ2v) is 7.12. The quantitative estimate of drug-likeness (QED) is 0.714. The predicted octanol–water partition coefficient (Wildman–Crippen LogP) is 1.83. The molecule has 0 atom stereocenters. The van der Waals surface area contributed by atoms with Crippen LogP contribution in [-0.4, -0.2) is 39.0 Å². The van der Waals surface area contributed by atoms with E-state index in [4.69, 9.17) is 9.84 Å². The van der Waals surface area contributed by atoms with Crippen LogP contribution in [0.25, 0.3) is 0 Å². The van der Waals surface area contributed by atoms with E-state index >= 15 is 0 Å². The molecule has 2 N–H and O–H groups in total. The molecule has 0 fully saturated rings. The third-order valence-corrected chi connectivity index (χ3v) is 4.55. The second-order valence-electron chi connectivity index (χ2n) is 5.27. The largest absolute Gasteiger partial charge is 0.481 e. The summed E-state index contributed by atoms with van der Waals surface area (Å²) in [6, 6.07) is 6.35. The average Bonchev–Trinajstić information content (AvgIpc) is 2.38. The zero-order valence-electron chi connectivity index (χ0n) is 12.4. The van der Waals surface area contributed by atoms with Gasteiger partial charge in [-0.1, -0.05) is 12.1 Å². The SMILES string of the molecule is COCCCS(=O)(=O)Nc1ccc(C(C)(C)C(=O)O)cc1. The van der Waals surface area contributed by atoms with Gasteiger partial charge in [-0.25, -0.2) is 8.42 Å². The van der Waals surface area contributed by atoms with Crippen molar-refractivity contribution in [3.8, 4) is 0 Å². The minimum Gasteiger partial charge on any atom is -0.481 e. The monoisotopic (exact) mass is 315 g/mol. The van der Waals surface area contributed by atoms with E-state index in [9.17, 15) is 13.2 Å². The Labute approximate surface area is 125 Å². The topological polar surface area (TPSA) is 92.7 Å². The first-order valence-electron chi connectivity index (χ1n) is 6.52. The van der Waals surface area contributed by atoms with Crippen LogP contribution in [0.3, 0.4) is 0 Å². The summed E-state index contributed by atoms with van der Waals surface area (Å²) in [6.07, 6.45) is 0.413. The molecule has 118 valence electrons. The Bertz CT molecular complexity index is 578. The van der Waals surface area contributed by atoms with Crippen LogP contribution in [0.5, 0.6) is 0 Å². The summed E-state index contributed by atoms with van der Waals surface area (Å²) in [5.41, 5.74) is 0.00487. The number of rotatable bonds is 8. The predicted molar refractivity (Wildman–Crippen MR) is 81.0 cm³/mol. The number of carbonyl (C=O) groups is 1. The second kappa shape index (κ2) is 6.91. The molecule has 1 rings (SSSR count). The molecule has 0 saturated carbocycles. The van der Waals surface area contributed by atoms with E-state index in [1.165, 1.54) is 7.11 Å². The van der Waals surface area contributed by atoms with Gasteiger partial charge in [0.25, 0.3) is 0 Å². The van der Waals surface area contributed by atoms with Gasteiger partial charge in [0.1, 0.15) is 0 Å². The molecule has 1 aromatic rings. The van der Waals surface area contributed by atoms with Gasteiger partial charge >= 0.3 is 5.97 Å². The van der Waals surface area contributed by atoms with E-state index in [2.05, 4.69) is 4.72 Å². The summed E-state index contributed by atoms with van der Waals surface area (Å²) in [6.45, 7) is 3.57. The fourth-order valence-corrected chi connectivity index (χ4v) is 2.80. The number of hydrogen-bond donors (Lipinski definition) is 2. The number of aliphatic carboxylic acids is 1. The van der Waals surface area contributed by atoms with Gasteiger partial charge < -0.3 is 9.84 Å². The smallest absolute Gasteiger partial charge is 0.313 e. The van der Waals surface area contributed by atoms with E-state index < -0.39 is 21.4 Å². The highest BCUT2D eigenvalue weighted by Crippen LogP contribution is 2.25. The van der Waals surface area contributed by atoms with E-state index in [0.717, 1.165) is 0 Å². The number of methoxy groups -OCH3 is 1. The number of ether oxygens (including phenoxy) is 1. The van der Waals surface area contributed by atoms with Crippen LogP contribution in [-0.2, 0) is 25.0 Å². The third-order valence-electron chi connectivity index (χ3n) is 3.18. The molecule has 6 nitrogen and oxygen atoms in total. The first-order chi connectivity index (χ1) is 9.69. The molecule has 0 unspecified atom stereocenters. The molecule has 0 aliphatic heterocycles. The Kier molecular flexibility index (Phi) is 5.74. The van der Waals surface area contributed by atoms with Crippen molar-refractivity contribution in [2.45, 2.75) is 25.7 Å². The maximum atomic E-state index is 11.8. The minimum absolute atomic E-state index is 0.0246. The lowest BCUT2D eigenvalue weighted by atomic mass is 9.85. The van der Waals surface area contributed by atoms with Crippen molar-refractivity contribution in [2.24, 2.45) is 0 Å². The molecule has 21 heavy (non-hydrogen) atoms. The highest BCUT2D eigenvalue weighted by Gasteiger charge is 2.29. The van der Waals surface area contributed by atoms with Gasteiger partial charge in [0.15, 0.2) is 0 Å². The lowest BCUT2D eigenvalue weighted by Crippen LogP contribution is -2.28. The van der Waals surface area contributed by atoms with Crippen LogP contribution >= 0.6 is 0 Å². The van der Waals surface area contributed by atoms with E-state index in [-0.39, 0.29) is 5.75 Å². The van der Waals surface area contributed by atoms with Crippen molar-refractivity contribution in [1.82, 2.24) is 0 Å². The molecular weight excluding hydrogens is 294 g/mol. The lowest BCUT2D eigenvalue weighted by molar-refractivity contribution is -0.142. The van der Waals surface area contributed by atoms with Gasteiger partial charge in [-0.15, -0.1) is 0 Å². The highest BCUT2D eigenvalue weighted by molar-refractivity contribution is 7.92. The molecule has 0 aliphatic carbocycles. The van der Waals surface area contributed by atoms with Crippen LogP contribution < -0.4 is 4.72 Å². The van der Waals surface area contributed by atoms with Gasteiger partial charge in [0.05, 0.1) is 11.2 Å². The Hall–Kier alpha value is -1.60. The van der Waals surface area contributed by atoms with Crippen molar-refractivity contribution >= 4 is 21.7 Å². The Morgan fingerprint density at radius 2 is 1.86 bits per heavy atom. The lowest BCUT2D eigenvalue weighted by Gasteiger charge is -2.20. The normalized spacial score (nSPS) is 12.1. The Balaban J connectivity index is 2.77. The fourth-order valence-electron chi connectivity index (χ4n) is 1.70. The molecule has 0 aromatic heterocycles. The van der Waals surface area contributed by atoms with Gasteiger partial charge in [-0.3, -0.25) is 9.52 Å². The van der Waals surface area contributed by atoms with Crippen LogP contribution in [0.2, 0.25) is 0 Å². The molecule has 0 amide bonds. The summed E-state index contributed by atoms with van der Waals surface area (Å²) in [5, 5.41) is 9.15. The van der Waals surface area contributed by atoms with Crippen LogP contribution in [0.1, 0.15) is 25.8 Å². The molecule has 0 bridgehead atoms. The van der Waals surface area contributed by atoms with Crippen LogP contribution in [0.15, 0.2) is 24.3 Å². The first kappa shape index (κ1) is 17.5. The minimum atomic E-state index is -3.42. The molecule has 7 heteroatoms. The molecule has 0 radical (unpaired) electrons. The highest BCUT2D eigenvalue weighted by atomic mass is 32.2. The molecule has 1 aromatic carbocycles. The number of benzene rings is 1. The van der Waals surface area contributed by atoms with Gasteiger partial charge in [0.2, 0.25) is 10.0 Å². The summed E-state index contributed by atoms with van der Waals surface area (Å²) in [7, 11) is -1.90. The van der Waals surface area contributed by atoms with Crippen molar-refractivity contribution in [1.29, 1.82) is 0 Å². The van der Waals surface area contributed by atoms with Crippen molar-refractivity contribution in [3.05, 3.63) is 29.8 Å². The number of nitrogens with one attached hydrogen (secondary N) is 1. The molecule has 0 aliphatic rings. The summed E-state index contributed by atoms with van der Waals surface area (Å²) >= 11 is 0. The standard InChI is InChI=1S/C14H21NO5S/c1-14(2,13(16)17)11-5-7-12(8-6-11)15-21(18,19)10-4-9-20-3/h5-8,15H,4,9-10H2,1-3H3,(H,16,17). The molecular formula is C14H21NO5S. The summed E-state index contributed by atoms with van der Waals surface area (Å²) in [5.74, 6) is -0.959. The van der Waals surface area contributed by atoms with Gasteiger partial charge in [-0.05, 0) is 38.0 Å². The van der Waals surface area contributed by atoms with Crippen molar-refractivity contribution in [3.63, 3.8) is 0 Å². The van der Waals surface area contributed by atoms with Crippen molar-refractivity contribution < 1.29 is 23.1 Å². The number of carboxylic acids is 1. The van der Waals surface area contributed by atoms with Crippen LogP contribution in [0, 0.1) is 0 Å².